The van der Waals surface area contributed by atoms with E-state index in [1.807, 2.05) is 0 Å². The van der Waals surface area contributed by atoms with E-state index in [4.69, 9.17) is 0 Å². The van der Waals surface area contributed by atoms with E-state index in [-0.39, 0.29) is 33.4 Å². The molecule has 2 N–H and O–H groups in total. The van der Waals surface area contributed by atoms with Crippen LogP contribution in [0.3, 0.4) is 0 Å². The second-order valence-corrected chi connectivity index (χ2v) is 10.7. The van der Waals surface area contributed by atoms with Crippen LogP contribution < -0.4 is 10.0 Å². The summed E-state index contributed by atoms with van der Waals surface area (Å²) in [5.41, 5.74) is -0.182. The van der Waals surface area contributed by atoms with Gasteiger partial charge in [0.15, 0.2) is 10.8 Å². The second kappa shape index (κ2) is 9.06. The summed E-state index contributed by atoms with van der Waals surface area (Å²) in [5, 5.41) is 8.16. The molecule has 0 aliphatic heterocycles. The van der Waals surface area contributed by atoms with Gasteiger partial charge >= 0.3 is 6.18 Å². The highest BCUT2D eigenvalue weighted by molar-refractivity contribution is 9.10. The molecule has 33 heavy (non-hydrogen) atoms. The molecule has 1 aliphatic carbocycles. The number of amides is 1. The van der Waals surface area contributed by atoms with Crippen LogP contribution in [0.5, 0.6) is 0 Å². The molecule has 14 heteroatoms. The van der Waals surface area contributed by atoms with Crippen molar-refractivity contribution in [1.82, 2.24) is 14.8 Å². The molecule has 1 saturated carbocycles. The maximum atomic E-state index is 13.2. The Balaban J connectivity index is 1.39. The first-order valence-electron chi connectivity index (χ1n) is 9.70. The number of sulfonamides is 1. The van der Waals surface area contributed by atoms with Crippen LogP contribution in [-0.4, -0.2) is 29.1 Å². The first-order valence-corrected chi connectivity index (χ1v) is 12.9. The van der Waals surface area contributed by atoms with E-state index in [2.05, 4.69) is 36.1 Å². The summed E-state index contributed by atoms with van der Waals surface area (Å²) in [6.07, 6.45) is -1.66. The number of aryl methyl sites for hydroxylation is 1. The van der Waals surface area contributed by atoms with Crippen LogP contribution in [0, 0.1) is 0 Å². The van der Waals surface area contributed by atoms with Crippen LogP contribution >= 0.6 is 27.3 Å². The Hall–Kier alpha value is -2.45. The third-order valence-electron chi connectivity index (χ3n) is 4.82. The van der Waals surface area contributed by atoms with Gasteiger partial charge in [0.1, 0.15) is 0 Å². The Kier molecular flexibility index (Phi) is 6.51. The molecule has 2 heterocycles. The molecule has 0 bridgehead atoms. The Morgan fingerprint density at radius 1 is 1.24 bits per heavy atom. The highest BCUT2D eigenvalue weighted by atomic mass is 79.9. The molecule has 8 nitrogen and oxygen atoms in total. The van der Waals surface area contributed by atoms with Crippen molar-refractivity contribution in [2.75, 3.05) is 10.0 Å². The van der Waals surface area contributed by atoms with E-state index >= 15 is 0 Å². The predicted molar refractivity (Wildman–Crippen MR) is 120 cm³/mol. The average Bonchev–Trinajstić information content (AvgIpc) is 3.33. The van der Waals surface area contributed by atoms with Crippen molar-refractivity contribution in [1.29, 1.82) is 0 Å². The lowest BCUT2D eigenvalue weighted by atomic mass is 10.2. The van der Waals surface area contributed by atoms with E-state index < -0.39 is 27.8 Å². The first-order chi connectivity index (χ1) is 15.5. The van der Waals surface area contributed by atoms with Crippen molar-refractivity contribution < 1.29 is 26.4 Å². The van der Waals surface area contributed by atoms with Gasteiger partial charge in [-0.05, 0) is 53.0 Å². The second-order valence-electron chi connectivity index (χ2n) is 7.31. The normalized spacial score (nSPS) is 14.3. The number of thiazole rings is 1. The maximum Gasteiger partial charge on any atom is 0.436 e. The minimum Gasteiger partial charge on any atom is -0.326 e. The molecule has 0 atom stereocenters. The molecule has 0 spiro atoms. The molecule has 4 rings (SSSR count). The molecule has 1 aliphatic rings. The van der Waals surface area contributed by atoms with Gasteiger partial charge in [-0.1, -0.05) is 0 Å². The molecule has 3 aromatic rings. The van der Waals surface area contributed by atoms with E-state index in [1.54, 1.807) is 5.38 Å². The largest absolute Gasteiger partial charge is 0.436 e. The minimum absolute atomic E-state index is 0.00137. The van der Waals surface area contributed by atoms with Gasteiger partial charge in [0.25, 0.3) is 10.0 Å². The topological polar surface area (TPSA) is 106 Å². The molecule has 1 fully saturated rings. The van der Waals surface area contributed by atoms with Crippen LogP contribution in [0.1, 0.15) is 36.6 Å². The number of alkyl halides is 3. The highest BCUT2D eigenvalue weighted by Crippen LogP contribution is 2.47. The minimum atomic E-state index is -4.59. The third kappa shape index (κ3) is 5.55. The summed E-state index contributed by atoms with van der Waals surface area (Å²) in [5.74, 6) is -0.438. The summed E-state index contributed by atoms with van der Waals surface area (Å²) in [4.78, 5) is 16.2. The molecule has 176 valence electrons. The Morgan fingerprint density at radius 2 is 1.94 bits per heavy atom. The summed E-state index contributed by atoms with van der Waals surface area (Å²) < 4.78 is 67.8. The number of benzene rings is 1. The lowest BCUT2D eigenvalue weighted by Gasteiger charge is -2.09. The number of carbonyl (C=O) groups excluding carboxylic acids is 1. The maximum absolute atomic E-state index is 13.2. The smallest absolute Gasteiger partial charge is 0.326 e. The summed E-state index contributed by atoms with van der Waals surface area (Å²) in [6, 6.07) is 5.51. The van der Waals surface area contributed by atoms with E-state index in [9.17, 15) is 26.4 Å². The van der Waals surface area contributed by atoms with Crippen LogP contribution in [-0.2, 0) is 27.5 Å². The fraction of sp³-hybridized carbons (Fsp3) is 0.316. The quantitative estimate of drug-likeness (QED) is 0.408. The number of rotatable bonds is 8. The zero-order valence-corrected chi connectivity index (χ0v) is 20.0. The van der Waals surface area contributed by atoms with E-state index in [0.717, 1.165) is 24.2 Å². The molecular formula is C19H17BrF3N5O3S2. The van der Waals surface area contributed by atoms with Crippen molar-refractivity contribution in [3.05, 3.63) is 51.7 Å². The van der Waals surface area contributed by atoms with Crippen LogP contribution in [0.15, 0.2) is 45.2 Å². The highest BCUT2D eigenvalue weighted by Gasteiger charge is 2.41. The molecular weight excluding hydrogens is 547 g/mol. The molecule has 0 unspecified atom stereocenters. The van der Waals surface area contributed by atoms with E-state index in [1.165, 1.54) is 35.1 Å². The number of hydrogen-bond acceptors (Lipinski definition) is 6. The van der Waals surface area contributed by atoms with Gasteiger partial charge in [-0.2, -0.15) is 18.3 Å². The zero-order valence-electron chi connectivity index (χ0n) is 16.8. The monoisotopic (exact) mass is 563 g/mol. The van der Waals surface area contributed by atoms with Gasteiger partial charge in [-0.3, -0.25) is 14.2 Å². The number of carbonyl (C=O) groups is 1. The van der Waals surface area contributed by atoms with Crippen molar-refractivity contribution in [2.24, 2.45) is 0 Å². The van der Waals surface area contributed by atoms with Crippen LogP contribution in [0.4, 0.5) is 24.0 Å². The van der Waals surface area contributed by atoms with E-state index in [0.29, 0.717) is 11.4 Å². The first kappa shape index (κ1) is 23.7. The van der Waals surface area contributed by atoms with Crippen LogP contribution in [0.25, 0.3) is 0 Å². The van der Waals surface area contributed by atoms with Gasteiger partial charge < -0.3 is 5.32 Å². The average molecular weight is 564 g/mol. The fourth-order valence-electron chi connectivity index (χ4n) is 3.15. The molecule has 0 saturated heterocycles. The number of nitrogens with zero attached hydrogens (tertiary/aromatic N) is 3. The fourth-order valence-corrected chi connectivity index (χ4v) is 5.77. The number of halogens is 4. The molecule has 1 aromatic carbocycles. The number of hydrogen-bond donors (Lipinski definition) is 2. The van der Waals surface area contributed by atoms with Gasteiger partial charge in [-0.25, -0.2) is 13.4 Å². The zero-order chi connectivity index (χ0) is 23.8. The van der Waals surface area contributed by atoms with Gasteiger partial charge in [0.2, 0.25) is 5.91 Å². The number of aromatic nitrogens is 3. The summed E-state index contributed by atoms with van der Waals surface area (Å²) >= 11 is 4.16. The molecule has 0 radical (unpaired) electrons. The third-order valence-corrected chi connectivity index (χ3v) is 7.77. The Bertz CT molecular complexity index is 1260. The number of anilines is 2. The van der Waals surface area contributed by atoms with Gasteiger partial charge in [0, 0.05) is 29.6 Å². The van der Waals surface area contributed by atoms with Crippen molar-refractivity contribution in [3.63, 3.8) is 0 Å². The molecule has 2 aromatic heterocycles. The Labute approximate surface area is 199 Å². The lowest BCUT2D eigenvalue weighted by molar-refractivity contribution is -0.142. The van der Waals surface area contributed by atoms with Gasteiger partial charge in [-0.15, -0.1) is 11.3 Å². The Morgan fingerprint density at radius 3 is 2.52 bits per heavy atom. The SMILES string of the molecule is O=C(CCn1nc(C(F)(F)F)c(Br)c1C1CC1)Nc1ccc(S(=O)(=O)Nc2nccs2)cc1. The lowest BCUT2D eigenvalue weighted by Crippen LogP contribution is -2.17. The summed E-state index contributed by atoms with van der Waals surface area (Å²) in [7, 11) is -3.82. The van der Waals surface area contributed by atoms with Crippen LogP contribution in [0.2, 0.25) is 0 Å². The van der Waals surface area contributed by atoms with Crippen molar-refractivity contribution >= 4 is 54.0 Å². The summed E-state index contributed by atoms with van der Waals surface area (Å²) in [6.45, 7) is -0.0173. The van der Waals surface area contributed by atoms with Gasteiger partial charge in [0.05, 0.1) is 21.6 Å². The van der Waals surface area contributed by atoms with Crippen molar-refractivity contribution in [3.8, 4) is 0 Å². The number of nitrogens with one attached hydrogen (secondary N) is 2. The standard InChI is InChI=1S/C19H17BrF3N5O3S2/c20-15-16(11-1-2-11)28(26-17(15)19(21,22)23)9-7-14(29)25-12-3-5-13(6-4-12)33(30,31)27-18-24-8-10-32-18/h3-6,8,10-11H,1-2,7,9H2,(H,24,27)(H,25,29). The predicted octanol–water partition coefficient (Wildman–Crippen LogP) is 4.83. The van der Waals surface area contributed by atoms with Crippen molar-refractivity contribution in [2.45, 2.75) is 42.8 Å². The molecule has 1 amide bonds.